The number of nitrogens with zero attached hydrogens (tertiary/aromatic N) is 4. The second-order valence-corrected chi connectivity index (χ2v) is 4.49. The molecule has 104 valence electrons. The molecule has 1 aromatic heterocycles. The maximum Gasteiger partial charge on any atom is 0.297 e. The number of benzene rings is 1. The van der Waals surface area contributed by atoms with E-state index in [0.717, 1.165) is 0 Å². The van der Waals surface area contributed by atoms with Crippen LogP contribution in [0.1, 0.15) is 21.0 Å². The van der Waals surface area contributed by atoms with Gasteiger partial charge in [-0.2, -0.15) is 5.21 Å². The van der Waals surface area contributed by atoms with E-state index in [-0.39, 0.29) is 11.7 Å². The van der Waals surface area contributed by atoms with Crippen molar-refractivity contribution in [3.63, 3.8) is 0 Å². The Morgan fingerprint density at radius 2 is 2.10 bits per heavy atom. The van der Waals surface area contributed by atoms with Gasteiger partial charge in [0.1, 0.15) is 0 Å². The van der Waals surface area contributed by atoms with Crippen molar-refractivity contribution < 1.29 is 9.59 Å². The van der Waals surface area contributed by atoms with Crippen molar-refractivity contribution in [1.29, 1.82) is 0 Å². The zero-order valence-corrected chi connectivity index (χ0v) is 11.5. The number of carbonyl (C=O) groups excluding carboxylic acids is 2. The quantitative estimate of drug-likeness (QED) is 0.871. The minimum absolute atomic E-state index is 0.0968. The number of anilines is 1. The molecule has 0 aliphatic heterocycles. The van der Waals surface area contributed by atoms with Crippen molar-refractivity contribution in [1.82, 2.24) is 25.5 Å². The van der Waals surface area contributed by atoms with Gasteiger partial charge in [-0.15, -0.1) is 10.2 Å². The molecule has 20 heavy (non-hydrogen) atoms. The molecule has 0 saturated carbocycles. The standard InChI is InChI=1S/C11H11ClN6O2/c1-18(2)11(20)7-5-6(3-4-8(7)12)13-10(19)9-14-16-17-15-9/h3-5H,1-2H3,(H,13,19)(H,14,15,16,17). The second kappa shape index (κ2) is 5.66. The molecule has 0 aliphatic carbocycles. The average molecular weight is 295 g/mol. The van der Waals surface area contributed by atoms with E-state index in [1.54, 1.807) is 20.2 Å². The number of hydrogen-bond donors (Lipinski definition) is 2. The van der Waals surface area contributed by atoms with Crippen LogP contribution in [0.3, 0.4) is 0 Å². The molecule has 0 unspecified atom stereocenters. The van der Waals surface area contributed by atoms with Gasteiger partial charge >= 0.3 is 0 Å². The van der Waals surface area contributed by atoms with E-state index < -0.39 is 5.91 Å². The summed E-state index contributed by atoms with van der Waals surface area (Å²) in [5, 5.41) is 15.4. The maximum atomic E-state index is 11.9. The molecule has 0 aliphatic rings. The lowest BCUT2D eigenvalue weighted by atomic mass is 10.1. The van der Waals surface area contributed by atoms with E-state index in [4.69, 9.17) is 11.6 Å². The zero-order valence-electron chi connectivity index (χ0n) is 10.7. The molecule has 1 aromatic carbocycles. The van der Waals surface area contributed by atoms with Gasteiger partial charge in [-0.25, -0.2) is 0 Å². The van der Waals surface area contributed by atoms with Crippen LogP contribution in [0.2, 0.25) is 5.02 Å². The van der Waals surface area contributed by atoms with Crippen LogP contribution in [0.15, 0.2) is 18.2 Å². The summed E-state index contributed by atoms with van der Waals surface area (Å²) in [7, 11) is 3.23. The minimum atomic E-state index is -0.538. The number of nitrogens with one attached hydrogen (secondary N) is 2. The molecule has 0 bridgehead atoms. The number of aromatic amines is 1. The van der Waals surface area contributed by atoms with Crippen LogP contribution in [0, 0.1) is 0 Å². The van der Waals surface area contributed by atoms with Gasteiger partial charge in [0.05, 0.1) is 10.6 Å². The van der Waals surface area contributed by atoms with Gasteiger partial charge in [0, 0.05) is 19.8 Å². The second-order valence-electron chi connectivity index (χ2n) is 4.08. The first kappa shape index (κ1) is 13.9. The van der Waals surface area contributed by atoms with E-state index in [1.807, 2.05) is 0 Å². The topological polar surface area (TPSA) is 104 Å². The monoisotopic (exact) mass is 294 g/mol. The van der Waals surface area contributed by atoms with Gasteiger partial charge in [0.15, 0.2) is 0 Å². The van der Waals surface area contributed by atoms with Crippen molar-refractivity contribution >= 4 is 29.1 Å². The fourth-order valence-electron chi connectivity index (χ4n) is 1.45. The largest absolute Gasteiger partial charge is 0.345 e. The van der Waals surface area contributed by atoms with Crippen molar-refractivity contribution in [3.8, 4) is 0 Å². The number of halogens is 1. The number of tetrazole rings is 1. The number of aromatic nitrogens is 4. The van der Waals surface area contributed by atoms with Crippen molar-refractivity contribution in [2.75, 3.05) is 19.4 Å². The van der Waals surface area contributed by atoms with Crippen LogP contribution in [-0.2, 0) is 0 Å². The Morgan fingerprint density at radius 1 is 1.35 bits per heavy atom. The first-order chi connectivity index (χ1) is 9.49. The SMILES string of the molecule is CN(C)C(=O)c1cc(NC(=O)c2nn[nH]n2)ccc1Cl. The van der Waals surface area contributed by atoms with Crippen LogP contribution in [-0.4, -0.2) is 51.4 Å². The Kier molecular flexibility index (Phi) is 3.94. The molecule has 2 N–H and O–H groups in total. The smallest absolute Gasteiger partial charge is 0.297 e. The molecule has 0 spiro atoms. The number of amides is 2. The first-order valence-corrected chi connectivity index (χ1v) is 5.93. The van der Waals surface area contributed by atoms with Crippen LogP contribution in [0.5, 0.6) is 0 Å². The predicted octanol–water partition coefficient (Wildman–Crippen LogP) is 0.807. The number of H-pyrrole nitrogens is 1. The fraction of sp³-hybridized carbons (Fsp3) is 0.182. The Morgan fingerprint density at radius 3 is 2.70 bits per heavy atom. The Bertz CT molecular complexity index is 640. The third kappa shape index (κ3) is 2.91. The molecular formula is C11H11ClN6O2. The molecule has 2 rings (SSSR count). The Hall–Kier alpha value is -2.48. The summed E-state index contributed by atoms with van der Waals surface area (Å²) in [6.45, 7) is 0. The lowest BCUT2D eigenvalue weighted by Crippen LogP contribution is -2.22. The van der Waals surface area contributed by atoms with Gasteiger partial charge in [0.2, 0.25) is 0 Å². The molecular weight excluding hydrogens is 284 g/mol. The molecule has 9 heteroatoms. The fourth-order valence-corrected chi connectivity index (χ4v) is 1.65. The lowest BCUT2D eigenvalue weighted by molar-refractivity contribution is 0.0827. The summed E-state index contributed by atoms with van der Waals surface area (Å²) in [4.78, 5) is 25.1. The molecule has 0 fully saturated rings. The van der Waals surface area contributed by atoms with Crippen LogP contribution < -0.4 is 5.32 Å². The maximum absolute atomic E-state index is 11.9. The third-order valence-electron chi connectivity index (χ3n) is 2.41. The highest BCUT2D eigenvalue weighted by Gasteiger charge is 2.15. The summed E-state index contributed by atoms with van der Waals surface area (Å²) < 4.78 is 0. The lowest BCUT2D eigenvalue weighted by Gasteiger charge is -2.12. The average Bonchev–Trinajstić information content (AvgIpc) is 2.94. The van der Waals surface area contributed by atoms with Gasteiger partial charge in [-0.05, 0) is 23.4 Å². The highest BCUT2D eigenvalue weighted by atomic mass is 35.5. The van der Waals surface area contributed by atoms with Crippen LogP contribution in [0.4, 0.5) is 5.69 Å². The van der Waals surface area contributed by atoms with Gasteiger partial charge in [-0.3, -0.25) is 9.59 Å². The molecule has 0 atom stereocenters. The number of carbonyl (C=O) groups is 2. The van der Waals surface area contributed by atoms with Gasteiger partial charge in [-0.1, -0.05) is 11.6 Å². The summed E-state index contributed by atoms with van der Waals surface area (Å²) in [5.74, 6) is -0.893. The van der Waals surface area contributed by atoms with E-state index >= 15 is 0 Å². The van der Waals surface area contributed by atoms with Gasteiger partial charge < -0.3 is 10.2 Å². The molecule has 8 nitrogen and oxygen atoms in total. The Balaban J connectivity index is 2.24. The summed E-state index contributed by atoms with van der Waals surface area (Å²) in [6, 6.07) is 4.60. The van der Waals surface area contributed by atoms with E-state index in [1.165, 1.54) is 17.0 Å². The third-order valence-corrected chi connectivity index (χ3v) is 2.74. The molecule has 0 saturated heterocycles. The minimum Gasteiger partial charge on any atom is -0.345 e. The van der Waals surface area contributed by atoms with Gasteiger partial charge in [0.25, 0.3) is 17.6 Å². The predicted molar refractivity (Wildman–Crippen MR) is 71.6 cm³/mol. The van der Waals surface area contributed by atoms with Crippen LogP contribution >= 0.6 is 11.6 Å². The molecule has 1 heterocycles. The molecule has 2 amide bonds. The summed E-state index contributed by atoms with van der Waals surface area (Å²) >= 11 is 5.97. The highest BCUT2D eigenvalue weighted by Crippen LogP contribution is 2.21. The number of hydrogen-bond acceptors (Lipinski definition) is 5. The summed E-state index contributed by atoms with van der Waals surface area (Å²) in [6.07, 6.45) is 0. The van der Waals surface area contributed by atoms with Crippen molar-refractivity contribution in [2.24, 2.45) is 0 Å². The van der Waals surface area contributed by atoms with Crippen molar-refractivity contribution in [3.05, 3.63) is 34.6 Å². The van der Waals surface area contributed by atoms with E-state index in [2.05, 4.69) is 25.9 Å². The normalized spacial score (nSPS) is 10.2. The van der Waals surface area contributed by atoms with E-state index in [9.17, 15) is 9.59 Å². The first-order valence-electron chi connectivity index (χ1n) is 5.55. The highest BCUT2D eigenvalue weighted by molar-refractivity contribution is 6.34. The molecule has 0 radical (unpaired) electrons. The van der Waals surface area contributed by atoms with Crippen molar-refractivity contribution in [2.45, 2.75) is 0 Å². The summed E-state index contributed by atoms with van der Waals surface area (Å²) in [5.41, 5.74) is 0.706. The molecule has 2 aromatic rings. The number of rotatable bonds is 3. The van der Waals surface area contributed by atoms with E-state index in [0.29, 0.717) is 16.3 Å². The zero-order chi connectivity index (χ0) is 14.7. The Labute approximate surface area is 119 Å². The van der Waals surface area contributed by atoms with Crippen LogP contribution in [0.25, 0.3) is 0 Å².